The van der Waals surface area contributed by atoms with Crippen LogP contribution in [0.1, 0.15) is 48.9 Å². The quantitative estimate of drug-likeness (QED) is 0.630. The van der Waals surface area contributed by atoms with Crippen LogP contribution in [0.25, 0.3) is 0 Å². The first-order chi connectivity index (χ1) is 9.31. The number of nitrogens with one attached hydrogen (secondary N) is 1. The molecule has 3 heteroatoms. The van der Waals surface area contributed by atoms with Crippen molar-refractivity contribution in [3.63, 3.8) is 0 Å². The number of carbonyl (C=O) groups is 1. The fraction of sp³-hybridized carbons (Fsp3) is 0.562. The highest BCUT2D eigenvalue weighted by molar-refractivity contribution is 5.96. The Morgan fingerprint density at radius 3 is 2.58 bits per heavy atom. The molecular formula is C16H23NO2. The zero-order chi connectivity index (χ0) is 13.5. The first kappa shape index (κ1) is 14.2. The van der Waals surface area contributed by atoms with Gasteiger partial charge >= 0.3 is 0 Å². The first-order valence-electron chi connectivity index (χ1n) is 7.18. The fourth-order valence-electron chi connectivity index (χ4n) is 2.93. The van der Waals surface area contributed by atoms with Crippen molar-refractivity contribution >= 4 is 5.78 Å². The van der Waals surface area contributed by atoms with E-state index in [1.165, 1.54) is 32.1 Å². The highest BCUT2D eigenvalue weighted by atomic mass is 16.6. The number of hydrogen-bond acceptors (Lipinski definition) is 3. The van der Waals surface area contributed by atoms with Gasteiger partial charge in [-0.3, -0.25) is 4.79 Å². The Labute approximate surface area is 115 Å². The van der Waals surface area contributed by atoms with Crippen molar-refractivity contribution in [2.45, 2.75) is 44.6 Å². The number of carbonyl (C=O) groups excluding carboxylic acids is 1. The highest BCUT2D eigenvalue weighted by Crippen LogP contribution is 2.28. The van der Waals surface area contributed by atoms with Crippen LogP contribution < -0.4 is 5.48 Å². The summed E-state index contributed by atoms with van der Waals surface area (Å²) in [6, 6.07) is 9.65. The molecule has 1 saturated carbocycles. The molecule has 1 fully saturated rings. The van der Waals surface area contributed by atoms with Gasteiger partial charge in [-0.15, -0.1) is 0 Å². The number of ketones is 1. The van der Waals surface area contributed by atoms with E-state index in [1.54, 1.807) is 7.11 Å². The lowest BCUT2D eigenvalue weighted by Crippen LogP contribution is -2.38. The largest absolute Gasteiger partial charge is 0.305 e. The van der Waals surface area contributed by atoms with Crippen molar-refractivity contribution in [2.24, 2.45) is 5.92 Å². The maximum atomic E-state index is 12.3. The Bertz CT molecular complexity index is 385. The molecule has 0 aliphatic heterocycles. The molecule has 104 valence electrons. The molecule has 0 radical (unpaired) electrons. The van der Waals surface area contributed by atoms with Crippen LogP contribution in [0.15, 0.2) is 30.3 Å². The Morgan fingerprint density at radius 1 is 1.26 bits per heavy atom. The normalized spacial score (nSPS) is 18.2. The van der Waals surface area contributed by atoms with Gasteiger partial charge in [-0.1, -0.05) is 49.6 Å². The van der Waals surface area contributed by atoms with Crippen molar-refractivity contribution < 1.29 is 9.63 Å². The van der Waals surface area contributed by atoms with Crippen molar-refractivity contribution in [3.8, 4) is 0 Å². The molecule has 19 heavy (non-hydrogen) atoms. The third kappa shape index (κ3) is 4.15. The van der Waals surface area contributed by atoms with Gasteiger partial charge in [0.25, 0.3) is 0 Å². The molecule has 0 amide bonds. The van der Waals surface area contributed by atoms with Gasteiger partial charge in [-0.2, -0.15) is 5.48 Å². The molecular weight excluding hydrogens is 238 g/mol. The molecule has 1 atom stereocenters. The van der Waals surface area contributed by atoms with Crippen LogP contribution in [0, 0.1) is 5.92 Å². The van der Waals surface area contributed by atoms with E-state index < -0.39 is 0 Å². The SMILES string of the molecule is CON[C@@H](CC(=O)c1ccccc1)C1CCCCC1. The van der Waals surface area contributed by atoms with Crippen molar-refractivity contribution in [3.05, 3.63) is 35.9 Å². The van der Waals surface area contributed by atoms with E-state index in [9.17, 15) is 4.79 Å². The molecule has 0 spiro atoms. The summed E-state index contributed by atoms with van der Waals surface area (Å²) in [6.45, 7) is 0. The van der Waals surface area contributed by atoms with Crippen LogP contribution in [0.5, 0.6) is 0 Å². The van der Waals surface area contributed by atoms with Crippen molar-refractivity contribution in [1.82, 2.24) is 5.48 Å². The predicted octanol–water partition coefficient (Wildman–Crippen LogP) is 3.36. The molecule has 0 heterocycles. The number of hydroxylamine groups is 1. The third-order valence-corrected chi connectivity index (χ3v) is 3.99. The summed E-state index contributed by atoms with van der Waals surface area (Å²) in [4.78, 5) is 17.4. The maximum Gasteiger partial charge on any atom is 0.164 e. The molecule has 0 unspecified atom stereocenters. The van der Waals surface area contributed by atoms with Gasteiger partial charge in [0.15, 0.2) is 5.78 Å². The Hall–Kier alpha value is -1.19. The number of benzene rings is 1. The van der Waals surface area contributed by atoms with Gasteiger partial charge in [0.1, 0.15) is 0 Å². The van der Waals surface area contributed by atoms with Gasteiger partial charge in [0, 0.05) is 18.0 Å². The number of rotatable bonds is 6. The van der Waals surface area contributed by atoms with Crippen molar-refractivity contribution in [1.29, 1.82) is 0 Å². The summed E-state index contributed by atoms with van der Waals surface area (Å²) < 4.78 is 0. The molecule has 0 saturated heterocycles. The lowest BCUT2D eigenvalue weighted by atomic mass is 9.82. The molecule has 2 rings (SSSR count). The average Bonchev–Trinajstić information content (AvgIpc) is 2.48. The van der Waals surface area contributed by atoms with Crippen molar-refractivity contribution in [2.75, 3.05) is 7.11 Å². The van der Waals surface area contributed by atoms with Gasteiger partial charge in [-0.25, -0.2) is 0 Å². The molecule has 1 N–H and O–H groups in total. The van der Waals surface area contributed by atoms with Crippen LogP contribution >= 0.6 is 0 Å². The molecule has 1 aliphatic rings. The van der Waals surface area contributed by atoms with E-state index in [0.29, 0.717) is 12.3 Å². The molecule has 0 aromatic heterocycles. The first-order valence-corrected chi connectivity index (χ1v) is 7.18. The maximum absolute atomic E-state index is 12.3. The topological polar surface area (TPSA) is 38.3 Å². The second kappa shape index (κ2) is 7.41. The summed E-state index contributed by atoms with van der Waals surface area (Å²) in [5.74, 6) is 0.752. The highest BCUT2D eigenvalue weighted by Gasteiger charge is 2.26. The van der Waals surface area contributed by atoms with Gasteiger partial charge in [0.05, 0.1) is 7.11 Å². The molecule has 0 bridgehead atoms. The summed E-state index contributed by atoms with van der Waals surface area (Å²) in [6.07, 6.45) is 6.77. The summed E-state index contributed by atoms with van der Waals surface area (Å²) in [5.41, 5.74) is 3.82. The zero-order valence-electron chi connectivity index (χ0n) is 11.6. The average molecular weight is 261 g/mol. The smallest absolute Gasteiger partial charge is 0.164 e. The van der Waals surface area contributed by atoms with Gasteiger partial charge in [0.2, 0.25) is 0 Å². The van der Waals surface area contributed by atoms with E-state index in [4.69, 9.17) is 4.84 Å². The summed E-state index contributed by atoms with van der Waals surface area (Å²) >= 11 is 0. The van der Waals surface area contributed by atoms with Gasteiger partial charge < -0.3 is 4.84 Å². The molecule has 1 aliphatic carbocycles. The van der Waals surface area contributed by atoms with E-state index >= 15 is 0 Å². The van der Waals surface area contributed by atoms with E-state index in [0.717, 1.165) is 5.56 Å². The van der Waals surface area contributed by atoms with Crippen LogP contribution in [0.4, 0.5) is 0 Å². The van der Waals surface area contributed by atoms with E-state index in [2.05, 4.69) is 5.48 Å². The van der Waals surface area contributed by atoms with Crippen LogP contribution in [-0.4, -0.2) is 18.9 Å². The van der Waals surface area contributed by atoms with Crippen LogP contribution in [-0.2, 0) is 4.84 Å². The summed E-state index contributed by atoms with van der Waals surface area (Å²) in [5, 5.41) is 0. The predicted molar refractivity (Wildman–Crippen MR) is 75.9 cm³/mol. The summed E-state index contributed by atoms with van der Waals surface area (Å²) in [7, 11) is 1.63. The number of Topliss-reactive ketones (excluding diaryl/α,β-unsaturated/α-hetero) is 1. The molecule has 1 aromatic carbocycles. The minimum absolute atomic E-state index is 0.137. The Kier molecular flexibility index (Phi) is 5.55. The zero-order valence-corrected chi connectivity index (χ0v) is 11.6. The minimum atomic E-state index is 0.137. The fourth-order valence-corrected chi connectivity index (χ4v) is 2.93. The number of hydrogen-bond donors (Lipinski definition) is 1. The van der Waals surface area contributed by atoms with Gasteiger partial charge in [-0.05, 0) is 18.8 Å². The van der Waals surface area contributed by atoms with Crippen LogP contribution in [0.3, 0.4) is 0 Å². The second-order valence-electron chi connectivity index (χ2n) is 5.32. The van der Waals surface area contributed by atoms with E-state index in [1.807, 2.05) is 30.3 Å². The second-order valence-corrected chi connectivity index (χ2v) is 5.32. The minimum Gasteiger partial charge on any atom is -0.305 e. The van der Waals surface area contributed by atoms with Crippen LogP contribution in [0.2, 0.25) is 0 Å². The molecule has 3 nitrogen and oxygen atoms in total. The Balaban J connectivity index is 1.97. The Morgan fingerprint density at radius 2 is 1.95 bits per heavy atom. The monoisotopic (exact) mass is 261 g/mol. The van der Waals surface area contributed by atoms with E-state index in [-0.39, 0.29) is 11.8 Å². The molecule has 1 aromatic rings. The standard InChI is InChI=1S/C16H23NO2/c1-19-17-15(13-8-4-2-5-9-13)12-16(18)14-10-6-3-7-11-14/h3,6-7,10-11,13,15,17H,2,4-5,8-9,12H2,1H3/t15-/m0/s1. The third-order valence-electron chi connectivity index (χ3n) is 3.99. The lowest BCUT2D eigenvalue weighted by Gasteiger charge is -2.29. The lowest BCUT2D eigenvalue weighted by molar-refractivity contribution is 0.0303.